The highest BCUT2D eigenvalue weighted by atomic mass is 16.2. The molecule has 1 fully saturated rings. The summed E-state index contributed by atoms with van der Waals surface area (Å²) in [6, 6.07) is 0.0830. The van der Waals surface area contributed by atoms with Crippen LogP contribution in [0.2, 0.25) is 0 Å². The number of carbonyl (C=O) groups excluding carboxylic acids is 1. The maximum absolute atomic E-state index is 12.8. The standard InChI is InChI=1S/C15H24N4O3/c1-8(2)10-5-4-9(3)6-7-19(10)14(21)12-11(16)13(20)18-15(22)17-12/h8-10H,4-7,16H2,1-3H3,(H2,17,18,20,22)/t9-,10+/m0/s1. The van der Waals surface area contributed by atoms with Gasteiger partial charge >= 0.3 is 5.69 Å². The number of anilines is 1. The zero-order chi connectivity index (χ0) is 16.4. The molecule has 0 unspecified atom stereocenters. The van der Waals surface area contributed by atoms with Crippen LogP contribution in [-0.2, 0) is 0 Å². The van der Waals surface area contributed by atoms with Gasteiger partial charge in [-0.1, -0.05) is 20.8 Å². The number of nitrogens with zero attached hydrogens (tertiary/aromatic N) is 1. The van der Waals surface area contributed by atoms with Gasteiger partial charge in [-0.3, -0.25) is 14.6 Å². The number of carbonyl (C=O) groups is 1. The van der Waals surface area contributed by atoms with Crippen molar-refractivity contribution in [2.75, 3.05) is 12.3 Å². The number of hydrogen-bond donors (Lipinski definition) is 3. The maximum atomic E-state index is 12.8. The third-order valence-corrected chi connectivity index (χ3v) is 4.44. The monoisotopic (exact) mass is 308 g/mol. The largest absolute Gasteiger partial charge is 0.392 e. The Hall–Kier alpha value is -2.05. The van der Waals surface area contributed by atoms with Gasteiger partial charge in [0.15, 0.2) is 0 Å². The molecule has 22 heavy (non-hydrogen) atoms. The second-order valence-electron chi connectivity index (χ2n) is 6.48. The quantitative estimate of drug-likeness (QED) is 0.754. The van der Waals surface area contributed by atoms with Crippen LogP contribution in [0.15, 0.2) is 9.59 Å². The second-order valence-corrected chi connectivity index (χ2v) is 6.48. The SMILES string of the molecule is CC(C)[C@H]1CC[C@H](C)CCN1C(=O)c1[nH]c(=O)[nH]c(=O)c1N. The second kappa shape index (κ2) is 6.37. The number of rotatable bonds is 2. The minimum Gasteiger partial charge on any atom is -0.392 e. The van der Waals surface area contributed by atoms with Crippen LogP contribution in [0.25, 0.3) is 0 Å². The van der Waals surface area contributed by atoms with E-state index in [-0.39, 0.29) is 23.3 Å². The first-order valence-corrected chi connectivity index (χ1v) is 7.74. The lowest BCUT2D eigenvalue weighted by atomic mass is 9.95. The Morgan fingerprint density at radius 2 is 1.91 bits per heavy atom. The molecule has 7 nitrogen and oxygen atoms in total. The van der Waals surface area contributed by atoms with E-state index in [4.69, 9.17) is 5.73 Å². The number of nitrogens with two attached hydrogens (primary N) is 1. The molecule has 1 saturated heterocycles. The average molecular weight is 308 g/mol. The van der Waals surface area contributed by atoms with Crippen molar-refractivity contribution in [3.05, 3.63) is 26.5 Å². The number of H-pyrrole nitrogens is 2. The molecule has 4 N–H and O–H groups in total. The number of likely N-dealkylation sites (tertiary alicyclic amines) is 1. The zero-order valence-electron chi connectivity index (χ0n) is 13.3. The van der Waals surface area contributed by atoms with Gasteiger partial charge in [-0.2, -0.15) is 0 Å². The van der Waals surface area contributed by atoms with Crippen LogP contribution in [0.1, 0.15) is 50.5 Å². The molecule has 0 aromatic carbocycles. The normalized spacial score (nSPS) is 22.6. The van der Waals surface area contributed by atoms with Crippen LogP contribution < -0.4 is 17.0 Å². The fourth-order valence-corrected chi connectivity index (χ4v) is 3.03. The first-order valence-electron chi connectivity index (χ1n) is 7.74. The minimum atomic E-state index is -0.726. The number of nitrogens with one attached hydrogen (secondary N) is 2. The van der Waals surface area contributed by atoms with E-state index in [0.717, 1.165) is 19.3 Å². The van der Waals surface area contributed by atoms with Gasteiger partial charge < -0.3 is 15.6 Å². The number of hydrogen-bond acceptors (Lipinski definition) is 4. The number of nitrogen functional groups attached to an aromatic ring is 1. The van der Waals surface area contributed by atoms with Crippen LogP contribution in [0.4, 0.5) is 5.69 Å². The highest BCUT2D eigenvalue weighted by Crippen LogP contribution is 2.27. The predicted molar refractivity (Wildman–Crippen MR) is 84.8 cm³/mol. The summed E-state index contributed by atoms with van der Waals surface area (Å²) in [5, 5.41) is 0. The summed E-state index contributed by atoms with van der Waals surface area (Å²) in [7, 11) is 0. The van der Waals surface area contributed by atoms with Gasteiger partial charge in [-0.25, -0.2) is 4.79 Å². The Morgan fingerprint density at radius 1 is 1.23 bits per heavy atom. The molecule has 1 aromatic heterocycles. The van der Waals surface area contributed by atoms with Gasteiger partial charge in [0.1, 0.15) is 11.4 Å². The summed E-state index contributed by atoms with van der Waals surface area (Å²) in [5.74, 6) is 0.479. The van der Waals surface area contributed by atoms with E-state index < -0.39 is 11.2 Å². The van der Waals surface area contributed by atoms with Crippen molar-refractivity contribution in [3.63, 3.8) is 0 Å². The molecule has 1 amide bonds. The first kappa shape index (κ1) is 16.3. The van der Waals surface area contributed by atoms with E-state index in [0.29, 0.717) is 18.4 Å². The van der Waals surface area contributed by atoms with E-state index >= 15 is 0 Å². The number of amides is 1. The zero-order valence-corrected chi connectivity index (χ0v) is 13.3. The van der Waals surface area contributed by atoms with E-state index in [1.807, 2.05) is 4.98 Å². The third kappa shape index (κ3) is 3.23. The minimum absolute atomic E-state index is 0.0830. The average Bonchev–Trinajstić information content (AvgIpc) is 2.64. The van der Waals surface area contributed by atoms with E-state index in [1.165, 1.54) is 0 Å². The number of aromatic nitrogens is 2. The smallest absolute Gasteiger partial charge is 0.326 e. The summed E-state index contributed by atoms with van der Waals surface area (Å²) in [4.78, 5) is 42.0. The molecule has 0 aliphatic carbocycles. The Kier molecular flexibility index (Phi) is 4.73. The topological polar surface area (TPSA) is 112 Å². The molecular formula is C15H24N4O3. The van der Waals surface area contributed by atoms with Crippen molar-refractivity contribution in [3.8, 4) is 0 Å². The van der Waals surface area contributed by atoms with Gasteiger partial charge in [-0.05, 0) is 31.1 Å². The molecule has 0 radical (unpaired) electrons. The lowest BCUT2D eigenvalue weighted by molar-refractivity contribution is 0.0625. The lowest BCUT2D eigenvalue weighted by Crippen LogP contribution is -2.44. The summed E-state index contributed by atoms with van der Waals surface area (Å²) in [5.41, 5.74) is 3.91. The van der Waals surface area contributed by atoms with Crippen LogP contribution in [-0.4, -0.2) is 33.4 Å². The third-order valence-electron chi connectivity index (χ3n) is 4.44. The molecule has 2 atom stereocenters. The van der Waals surface area contributed by atoms with Crippen molar-refractivity contribution in [1.29, 1.82) is 0 Å². The molecule has 2 heterocycles. The summed E-state index contributed by atoms with van der Waals surface area (Å²) in [6.45, 7) is 6.93. The Morgan fingerprint density at radius 3 is 2.55 bits per heavy atom. The van der Waals surface area contributed by atoms with Gasteiger partial charge in [0, 0.05) is 12.6 Å². The molecule has 2 rings (SSSR count). The van der Waals surface area contributed by atoms with Crippen LogP contribution in [0.5, 0.6) is 0 Å². The molecule has 0 spiro atoms. The summed E-state index contributed by atoms with van der Waals surface area (Å²) in [6.07, 6.45) is 2.88. The van der Waals surface area contributed by atoms with Gasteiger partial charge in [0.25, 0.3) is 11.5 Å². The molecule has 1 aliphatic heterocycles. The van der Waals surface area contributed by atoms with E-state index in [9.17, 15) is 14.4 Å². The molecule has 0 bridgehead atoms. The summed E-state index contributed by atoms with van der Waals surface area (Å²) < 4.78 is 0. The molecular weight excluding hydrogens is 284 g/mol. The fraction of sp³-hybridized carbons (Fsp3) is 0.667. The number of aromatic amines is 2. The van der Waals surface area contributed by atoms with E-state index in [1.54, 1.807) is 4.90 Å². The van der Waals surface area contributed by atoms with E-state index in [2.05, 4.69) is 25.8 Å². The van der Waals surface area contributed by atoms with Gasteiger partial charge in [0.2, 0.25) is 0 Å². The van der Waals surface area contributed by atoms with Crippen molar-refractivity contribution in [2.24, 2.45) is 11.8 Å². The lowest BCUT2D eigenvalue weighted by Gasteiger charge is -2.33. The molecule has 122 valence electrons. The molecule has 0 saturated carbocycles. The van der Waals surface area contributed by atoms with Crippen molar-refractivity contribution in [1.82, 2.24) is 14.9 Å². The van der Waals surface area contributed by atoms with Crippen molar-refractivity contribution >= 4 is 11.6 Å². The highest BCUT2D eigenvalue weighted by molar-refractivity contribution is 5.97. The molecule has 1 aliphatic rings. The van der Waals surface area contributed by atoms with Gasteiger partial charge in [0.05, 0.1) is 0 Å². The fourth-order valence-electron chi connectivity index (χ4n) is 3.03. The molecule has 1 aromatic rings. The van der Waals surface area contributed by atoms with Crippen molar-refractivity contribution < 1.29 is 4.79 Å². The first-order chi connectivity index (χ1) is 10.3. The van der Waals surface area contributed by atoms with Crippen LogP contribution in [0.3, 0.4) is 0 Å². The molecule has 7 heteroatoms. The Labute approximate surface area is 128 Å². The Bertz CT molecular complexity index is 661. The highest BCUT2D eigenvalue weighted by Gasteiger charge is 2.31. The Balaban J connectivity index is 2.41. The van der Waals surface area contributed by atoms with Crippen LogP contribution >= 0.6 is 0 Å². The van der Waals surface area contributed by atoms with Crippen molar-refractivity contribution in [2.45, 2.75) is 46.1 Å². The van der Waals surface area contributed by atoms with Gasteiger partial charge in [-0.15, -0.1) is 0 Å². The maximum Gasteiger partial charge on any atom is 0.326 e. The predicted octanol–water partition coefficient (Wildman–Crippen LogP) is 0.932. The van der Waals surface area contributed by atoms with Crippen LogP contribution in [0, 0.1) is 11.8 Å². The summed E-state index contributed by atoms with van der Waals surface area (Å²) >= 11 is 0.